The smallest absolute Gasteiger partial charge is 0.0867 e. The van der Waals surface area contributed by atoms with Gasteiger partial charge in [0, 0.05) is 11.5 Å². The van der Waals surface area contributed by atoms with Crippen molar-refractivity contribution >= 4 is 23.1 Å². The topological polar surface area (TPSA) is 69.6 Å². The quantitative estimate of drug-likeness (QED) is 0.943. The molecular weight excluding hydrogens is 294 g/mol. The Balaban J connectivity index is 2.50. The van der Waals surface area contributed by atoms with Crippen molar-refractivity contribution in [2.45, 2.75) is 52.1 Å². The first-order valence-corrected chi connectivity index (χ1v) is 7.69. The van der Waals surface area contributed by atoms with Gasteiger partial charge in [0.25, 0.3) is 0 Å². The summed E-state index contributed by atoms with van der Waals surface area (Å²) in [6, 6.07) is -0.163. The van der Waals surface area contributed by atoms with Crippen LogP contribution in [0.3, 0.4) is 0 Å². The van der Waals surface area contributed by atoms with E-state index in [1.165, 1.54) is 11.5 Å². The summed E-state index contributed by atoms with van der Waals surface area (Å²) in [5.74, 6) is 0. The predicted molar refractivity (Wildman–Crippen MR) is 82.3 cm³/mol. The fourth-order valence-electron chi connectivity index (χ4n) is 2.10. The Morgan fingerprint density at radius 1 is 1.35 bits per heavy atom. The molecular formula is C13H20ClN5S. The van der Waals surface area contributed by atoms with Crippen LogP contribution in [0.1, 0.15) is 63.0 Å². The molecule has 0 fully saturated rings. The summed E-state index contributed by atoms with van der Waals surface area (Å²) >= 11 is 7.59. The minimum atomic E-state index is -0.360. The van der Waals surface area contributed by atoms with Gasteiger partial charge in [0.05, 0.1) is 33.5 Å². The zero-order valence-electron chi connectivity index (χ0n) is 12.4. The van der Waals surface area contributed by atoms with Gasteiger partial charge in [0.1, 0.15) is 0 Å². The van der Waals surface area contributed by atoms with Crippen molar-refractivity contribution in [2.75, 3.05) is 0 Å². The zero-order chi connectivity index (χ0) is 15.1. The number of halogens is 1. The number of nitrogens with zero attached hydrogens (tertiary/aromatic N) is 4. The molecule has 2 aromatic heterocycles. The first-order chi connectivity index (χ1) is 9.23. The Hall–Kier alpha value is -0.980. The van der Waals surface area contributed by atoms with E-state index in [1.807, 2.05) is 4.68 Å². The van der Waals surface area contributed by atoms with Gasteiger partial charge in [-0.2, -0.15) is 5.10 Å². The highest BCUT2D eigenvalue weighted by atomic mass is 35.5. The standard InChI is InChI=1S/C13H20ClN5S/c1-7(2)19-10(8(14)6-16-19)9(15)11-12(13(3,4)5)17-18-20-11/h6-7,9H,15H2,1-5H3. The van der Waals surface area contributed by atoms with Crippen molar-refractivity contribution in [1.82, 2.24) is 19.4 Å². The average molecular weight is 314 g/mol. The van der Waals surface area contributed by atoms with Crippen LogP contribution in [0.4, 0.5) is 0 Å². The van der Waals surface area contributed by atoms with Gasteiger partial charge in [-0.15, -0.1) is 5.10 Å². The van der Waals surface area contributed by atoms with Crippen LogP contribution in [0.5, 0.6) is 0 Å². The Labute approximate surface area is 128 Å². The van der Waals surface area contributed by atoms with E-state index in [0.29, 0.717) is 5.02 Å². The molecule has 0 aromatic carbocycles. The van der Waals surface area contributed by atoms with Crippen molar-refractivity contribution in [3.05, 3.63) is 27.5 Å². The summed E-state index contributed by atoms with van der Waals surface area (Å²) in [6.07, 6.45) is 1.64. The second-order valence-corrected chi connectivity index (χ2v) is 7.32. The maximum atomic E-state index is 6.43. The molecule has 1 unspecified atom stereocenters. The molecule has 20 heavy (non-hydrogen) atoms. The van der Waals surface area contributed by atoms with Crippen LogP contribution in [0.25, 0.3) is 0 Å². The summed E-state index contributed by atoms with van der Waals surface area (Å²) in [5, 5.41) is 9.13. The van der Waals surface area contributed by atoms with Gasteiger partial charge in [0.15, 0.2) is 0 Å². The molecule has 0 aliphatic heterocycles. The van der Waals surface area contributed by atoms with Gasteiger partial charge in [-0.3, -0.25) is 4.68 Å². The molecule has 2 heterocycles. The maximum absolute atomic E-state index is 6.43. The van der Waals surface area contributed by atoms with Crippen molar-refractivity contribution in [3.8, 4) is 0 Å². The molecule has 2 rings (SSSR count). The van der Waals surface area contributed by atoms with Gasteiger partial charge < -0.3 is 5.73 Å². The summed E-state index contributed by atoms with van der Waals surface area (Å²) in [6.45, 7) is 10.4. The molecule has 0 amide bonds. The minimum absolute atomic E-state index is 0.102. The lowest BCUT2D eigenvalue weighted by Crippen LogP contribution is -2.23. The van der Waals surface area contributed by atoms with Crippen molar-refractivity contribution in [1.29, 1.82) is 0 Å². The Morgan fingerprint density at radius 3 is 2.55 bits per heavy atom. The molecule has 0 aliphatic carbocycles. The van der Waals surface area contributed by atoms with Crippen molar-refractivity contribution < 1.29 is 0 Å². The fourth-order valence-corrected chi connectivity index (χ4v) is 3.22. The van der Waals surface area contributed by atoms with Gasteiger partial charge in [-0.25, -0.2) is 0 Å². The summed E-state index contributed by atoms with van der Waals surface area (Å²) < 4.78 is 5.92. The lowest BCUT2D eigenvalue weighted by molar-refractivity contribution is 0.496. The van der Waals surface area contributed by atoms with E-state index in [1.54, 1.807) is 6.20 Å². The lowest BCUT2D eigenvalue weighted by Gasteiger charge is -2.21. The van der Waals surface area contributed by atoms with Crippen LogP contribution in [-0.4, -0.2) is 19.4 Å². The molecule has 0 aliphatic rings. The fraction of sp³-hybridized carbons (Fsp3) is 0.615. The van der Waals surface area contributed by atoms with E-state index >= 15 is 0 Å². The molecule has 5 nitrogen and oxygen atoms in total. The predicted octanol–water partition coefficient (Wildman–Crippen LogP) is 3.31. The summed E-state index contributed by atoms with van der Waals surface area (Å²) in [4.78, 5) is 0.946. The summed E-state index contributed by atoms with van der Waals surface area (Å²) in [7, 11) is 0. The Kier molecular flexibility index (Phi) is 4.18. The summed E-state index contributed by atoms with van der Waals surface area (Å²) in [5.41, 5.74) is 8.06. The highest BCUT2D eigenvalue weighted by molar-refractivity contribution is 7.05. The van der Waals surface area contributed by atoms with Gasteiger partial charge in [-0.05, 0) is 25.4 Å². The SMILES string of the molecule is CC(C)n1ncc(Cl)c1C(N)c1snnc1C(C)(C)C. The molecule has 0 radical (unpaired) electrons. The Morgan fingerprint density at radius 2 is 2.00 bits per heavy atom. The van der Waals surface area contributed by atoms with Crippen LogP contribution in [0.15, 0.2) is 6.20 Å². The normalized spacial score (nSPS) is 14.0. The second kappa shape index (κ2) is 5.42. The number of hydrogen-bond acceptors (Lipinski definition) is 5. The minimum Gasteiger partial charge on any atom is -0.318 e. The lowest BCUT2D eigenvalue weighted by atomic mass is 9.89. The van der Waals surface area contributed by atoms with Crippen molar-refractivity contribution in [3.63, 3.8) is 0 Å². The van der Waals surface area contributed by atoms with E-state index in [2.05, 4.69) is 49.3 Å². The van der Waals surface area contributed by atoms with Crippen LogP contribution in [-0.2, 0) is 5.41 Å². The van der Waals surface area contributed by atoms with E-state index < -0.39 is 0 Å². The molecule has 7 heteroatoms. The van der Waals surface area contributed by atoms with E-state index in [-0.39, 0.29) is 17.5 Å². The molecule has 2 N–H and O–H groups in total. The molecule has 0 spiro atoms. The third-order valence-electron chi connectivity index (χ3n) is 3.08. The third-order valence-corrected chi connectivity index (χ3v) is 4.18. The van der Waals surface area contributed by atoms with E-state index in [9.17, 15) is 0 Å². The number of nitrogens with two attached hydrogens (primary N) is 1. The molecule has 0 saturated heterocycles. The van der Waals surface area contributed by atoms with Crippen LogP contribution in [0.2, 0.25) is 5.02 Å². The number of rotatable bonds is 3. The zero-order valence-corrected chi connectivity index (χ0v) is 14.0. The third kappa shape index (κ3) is 2.73. The average Bonchev–Trinajstić information content (AvgIpc) is 2.92. The van der Waals surface area contributed by atoms with Gasteiger partial charge in [-0.1, -0.05) is 36.9 Å². The maximum Gasteiger partial charge on any atom is 0.0867 e. The molecule has 0 saturated carbocycles. The molecule has 1 atom stereocenters. The van der Waals surface area contributed by atoms with Gasteiger partial charge >= 0.3 is 0 Å². The first-order valence-electron chi connectivity index (χ1n) is 6.54. The highest BCUT2D eigenvalue weighted by Gasteiger charge is 2.29. The van der Waals surface area contributed by atoms with Crippen LogP contribution < -0.4 is 5.73 Å². The van der Waals surface area contributed by atoms with Crippen molar-refractivity contribution in [2.24, 2.45) is 5.73 Å². The van der Waals surface area contributed by atoms with Crippen LogP contribution in [0, 0.1) is 0 Å². The van der Waals surface area contributed by atoms with E-state index in [0.717, 1.165) is 16.3 Å². The highest BCUT2D eigenvalue weighted by Crippen LogP contribution is 2.35. The first kappa shape index (κ1) is 15.4. The van der Waals surface area contributed by atoms with Gasteiger partial charge in [0.2, 0.25) is 0 Å². The molecule has 0 bridgehead atoms. The molecule has 2 aromatic rings. The second-order valence-electron chi connectivity index (χ2n) is 6.13. The molecule has 110 valence electrons. The monoisotopic (exact) mass is 313 g/mol. The number of aromatic nitrogens is 4. The Bertz CT molecular complexity index is 596. The van der Waals surface area contributed by atoms with E-state index in [4.69, 9.17) is 17.3 Å². The number of hydrogen-bond donors (Lipinski definition) is 1. The largest absolute Gasteiger partial charge is 0.318 e. The van der Waals surface area contributed by atoms with Crippen LogP contribution >= 0.6 is 23.1 Å².